The van der Waals surface area contributed by atoms with Gasteiger partial charge in [0, 0.05) is 6.61 Å². The Morgan fingerprint density at radius 1 is 1.08 bits per heavy atom. The van der Waals surface area contributed by atoms with Crippen LogP contribution in [-0.2, 0) is 0 Å². The summed E-state index contributed by atoms with van der Waals surface area (Å²) < 4.78 is 0. The number of hydrogen-bond donors (Lipinski definition) is 2. The van der Waals surface area contributed by atoms with E-state index < -0.39 is 0 Å². The molecule has 0 radical (unpaired) electrons. The lowest BCUT2D eigenvalue weighted by Crippen LogP contribution is -2.16. The average molecular weight is 171 g/mol. The van der Waals surface area contributed by atoms with Gasteiger partial charge >= 0.3 is 0 Å². The maximum absolute atomic E-state index is 8.51. The zero-order valence-corrected chi connectivity index (χ0v) is 7.89. The molecule has 0 aromatic rings. The third-order valence-electron chi connectivity index (χ3n) is 1.77. The minimum absolute atomic E-state index is 0.330. The van der Waals surface area contributed by atoms with Crippen molar-refractivity contribution in [3.05, 3.63) is 12.7 Å². The highest BCUT2D eigenvalue weighted by Crippen LogP contribution is 1.92. The van der Waals surface area contributed by atoms with Gasteiger partial charge in [-0.3, -0.25) is 0 Å². The molecular weight excluding hydrogens is 150 g/mol. The summed E-state index contributed by atoms with van der Waals surface area (Å²) in [5.74, 6) is 0. The fourth-order valence-corrected chi connectivity index (χ4v) is 1.03. The van der Waals surface area contributed by atoms with Gasteiger partial charge in [-0.15, -0.1) is 6.58 Å². The first-order valence-corrected chi connectivity index (χ1v) is 4.84. The van der Waals surface area contributed by atoms with Gasteiger partial charge in [0.2, 0.25) is 0 Å². The van der Waals surface area contributed by atoms with Crippen LogP contribution in [0.1, 0.15) is 32.1 Å². The van der Waals surface area contributed by atoms with Crippen LogP contribution in [0.2, 0.25) is 0 Å². The van der Waals surface area contributed by atoms with Crippen LogP contribution in [0.4, 0.5) is 0 Å². The van der Waals surface area contributed by atoms with Crippen LogP contribution in [0.3, 0.4) is 0 Å². The molecule has 2 nitrogen and oxygen atoms in total. The van der Waals surface area contributed by atoms with E-state index in [1.165, 1.54) is 12.8 Å². The Hall–Kier alpha value is -0.340. The van der Waals surface area contributed by atoms with E-state index in [1.54, 1.807) is 0 Å². The normalized spacial score (nSPS) is 10.1. The van der Waals surface area contributed by atoms with Gasteiger partial charge in [0.25, 0.3) is 0 Å². The van der Waals surface area contributed by atoms with Gasteiger partial charge in [0.1, 0.15) is 0 Å². The van der Waals surface area contributed by atoms with E-state index in [1.807, 2.05) is 6.08 Å². The van der Waals surface area contributed by atoms with E-state index >= 15 is 0 Å². The van der Waals surface area contributed by atoms with Crippen LogP contribution in [0.5, 0.6) is 0 Å². The Labute approximate surface area is 75.7 Å². The summed E-state index contributed by atoms with van der Waals surface area (Å²) in [4.78, 5) is 0. The molecule has 0 aliphatic rings. The van der Waals surface area contributed by atoms with Crippen LogP contribution < -0.4 is 5.32 Å². The molecule has 0 fully saturated rings. The standard InChI is InChI=1S/C10H21NO/c1-2-3-5-8-11-9-6-4-7-10-12/h2,11-12H,1,3-10H2. The molecular formula is C10H21NO. The topological polar surface area (TPSA) is 32.3 Å². The van der Waals surface area contributed by atoms with E-state index in [0.717, 1.165) is 32.4 Å². The van der Waals surface area contributed by atoms with Crippen molar-refractivity contribution in [1.82, 2.24) is 5.32 Å². The molecule has 0 unspecified atom stereocenters. The molecule has 0 saturated carbocycles. The molecule has 2 N–H and O–H groups in total. The van der Waals surface area contributed by atoms with E-state index in [-0.39, 0.29) is 0 Å². The molecule has 0 atom stereocenters. The molecule has 0 heterocycles. The molecule has 0 saturated heterocycles. The van der Waals surface area contributed by atoms with Crippen molar-refractivity contribution < 1.29 is 5.11 Å². The Morgan fingerprint density at radius 3 is 2.50 bits per heavy atom. The van der Waals surface area contributed by atoms with Crippen molar-refractivity contribution in [2.75, 3.05) is 19.7 Å². The second-order valence-electron chi connectivity index (χ2n) is 2.97. The van der Waals surface area contributed by atoms with Gasteiger partial charge in [-0.2, -0.15) is 0 Å². The van der Waals surface area contributed by atoms with Crippen molar-refractivity contribution in [2.24, 2.45) is 0 Å². The predicted octanol–water partition coefficient (Wildman–Crippen LogP) is 1.70. The molecule has 0 spiro atoms. The summed E-state index contributed by atoms with van der Waals surface area (Å²) in [5, 5.41) is 11.9. The van der Waals surface area contributed by atoms with Crippen molar-refractivity contribution in [2.45, 2.75) is 32.1 Å². The lowest BCUT2D eigenvalue weighted by atomic mass is 10.2. The molecule has 0 rings (SSSR count). The predicted molar refractivity (Wildman–Crippen MR) is 53.2 cm³/mol. The summed E-state index contributed by atoms with van der Waals surface area (Å²) in [7, 11) is 0. The Morgan fingerprint density at radius 2 is 1.83 bits per heavy atom. The molecule has 2 heteroatoms. The maximum Gasteiger partial charge on any atom is 0.0431 e. The van der Waals surface area contributed by atoms with E-state index in [0.29, 0.717) is 6.61 Å². The summed E-state index contributed by atoms with van der Waals surface area (Å²) in [6.45, 7) is 6.16. The van der Waals surface area contributed by atoms with Crippen molar-refractivity contribution in [1.29, 1.82) is 0 Å². The fourth-order valence-electron chi connectivity index (χ4n) is 1.03. The summed E-state index contributed by atoms with van der Waals surface area (Å²) in [5.41, 5.74) is 0. The zero-order chi connectivity index (χ0) is 9.07. The van der Waals surface area contributed by atoms with Gasteiger partial charge in [0.05, 0.1) is 0 Å². The molecule has 0 aromatic carbocycles. The third kappa shape index (κ3) is 9.66. The highest BCUT2D eigenvalue weighted by atomic mass is 16.2. The molecule has 0 bridgehead atoms. The summed E-state index contributed by atoms with van der Waals surface area (Å²) in [6, 6.07) is 0. The van der Waals surface area contributed by atoms with Crippen LogP contribution >= 0.6 is 0 Å². The largest absolute Gasteiger partial charge is 0.396 e. The van der Waals surface area contributed by atoms with Crippen LogP contribution in [0, 0.1) is 0 Å². The number of hydrogen-bond acceptors (Lipinski definition) is 2. The number of unbranched alkanes of at least 4 members (excludes halogenated alkanes) is 3. The van der Waals surface area contributed by atoms with Crippen LogP contribution in [0.25, 0.3) is 0 Å². The van der Waals surface area contributed by atoms with E-state index in [2.05, 4.69) is 11.9 Å². The number of aliphatic hydroxyl groups is 1. The zero-order valence-electron chi connectivity index (χ0n) is 7.89. The van der Waals surface area contributed by atoms with Crippen LogP contribution in [-0.4, -0.2) is 24.8 Å². The Kier molecular flexibility index (Phi) is 10.4. The smallest absolute Gasteiger partial charge is 0.0431 e. The molecule has 72 valence electrons. The summed E-state index contributed by atoms with van der Waals surface area (Å²) >= 11 is 0. The highest BCUT2D eigenvalue weighted by molar-refractivity contribution is 4.66. The minimum atomic E-state index is 0.330. The number of nitrogens with one attached hydrogen (secondary N) is 1. The molecule has 0 aliphatic heterocycles. The van der Waals surface area contributed by atoms with Gasteiger partial charge in [-0.25, -0.2) is 0 Å². The van der Waals surface area contributed by atoms with Gasteiger partial charge < -0.3 is 10.4 Å². The van der Waals surface area contributed by atoms with Crippen molar-refractivity contribution >= 4 is 0 Å². The van der Waals surface area contributed by atoms with Crippen molar-refractivity contribution in [3.8, 4) is 0 Å². The van der Waals surface area contributed by atoms with E-state index in [9.17, 15) is 0 Å². The number of rotatable bonds is 9. The first-order valence-electron chi connectivity index (χ1n) is 4.84. The monoisotopic (exact) mass is 171 g/mol. The third-order valence-corrected chi connectivity index (χ3v) is 1.77. The number of allylic oxidation sites excluding steroid dienone is 1. The molecule has 0 amide bonds. The maximum atomic E-state index is 8.51. The highest BCUT2D eigenvalue weighted by Gasteiger charge is 1.88. The summed E-state index contributed by atoms with van der Waals surface area (Å²) in [6.07, 6.45) is 7.48. The number of aliphatic hydroxyl groups excluding tert-OH is 1. The lowest BCUT2D eigenvalue weighted by Gasteiger charge is -2.02. The average Bonchev–Trinajstić information content (AvgIpc) is 2.10. The van der Waals surface area contributed by atoms with Crippen molar-refractivity contribution in [3.63, 3.8) is 0 Å². The first-order chi connectivity index (χ1) is 5.91. The fraction of sp³-hybridized carbons (Fsp3) is 0.800. The van der Waals surface area contributed by atoms with E-state index in [4.69, 9.17) is 5.11 Å². The molecule has 0 aromatic heterocycles. The second-order valence-corrected chi connectivity index (χ2v) is 2.97. The molecule has 12 heavy (non-hydrogen) atoms. The minimum Gasteiger partial charge on any atom is -0.396 e. The first kappa shape index (κ1) is 11.7. The lowest BCUT2D eigenvalue weighted by molar-refractivity contribution is 0.283. The van der Waals surface area contributed by atoms with Crippen LogP contribution in [0.15, 0.2) is 12.7 Å². The van der Waals surface area contributed by atoms with Gasteiger partial charge in [-0.05, 0) is 45.2 Å². The molecule has 0 aliphatic carbocycles. The Balaban J connectivity index is 2.77. The second kappa shape index (κ2) is 10.7. The van der Waals surface area contributed by atoms with Gasteiger partial charge in [-0.1, -0.05) is 6.08 Å². The SMILES string of the molecule is C=CCCCNCCCCCO. The Bertz CT molecular complexity index is 93.8. The van der Waals surface area contributed by atoms with Gasteiger partial charge in [0.15, 0.2) is 0 Å². The quantitative estimate of drug-likeness (QED) is 0.409.